The minimum Gasteiger partial charge on any atom is -0.507 e. The molecule has 3 aliphatic carbocycles. The molecule has 6 atom stereocenters. The number of nitrogens with one attached hydrogen (secondary N) is 1. The van der Waals surface area contributed by atoms with Gasteiger partial charge in [0.25, 0.3) is 0 Å². The van der Waals surface area contributed by atoms with Gasteiger partial charge in [0, 0.05) is 13.0 Å². The molecule has 38 heavy (non-hydrogen) atoms. The van der Waals surface area contributed by atoms with Crippen molar-refractivity contribution < 1.29 is 34.2 Å². The first-order valence-electron chi connectivity index (χ1n) is 12.0. The number of hydrogen-bond donors (Lipinski definition) is 4. The van der Waals surface area contributed by atoms with E-state index in [1.165, 1.54) is 38.2 Å². The summed E-state index contributed by atoms with van der Waals surface area (Å²) in [5, 5.41) is 24.8. The highest BCUT2D eigenvalue weighted by Gasteiger charge is 2.69. The molecule has 0 aliphatic heterocycles. The number of fused-ring (bicyclic) bond motifs is 3. The van der Waals surface area contributed by atoms with Crippen molar-refractivity contribution in [3.63, 3.8) is 0 Å². The molecule has 0 heterocycles. The van der Waals surface area contributed by atoms with E-state index in [9.17, 15) is 43.8 Å². The second-order valence-corrected chi connectivity index (χ2v) is 10.4. The molecular weight excluding hydrogens is 498 g/mol. The molecule has 0 aromatic heterocycles. The Morgan fingerprint density at radius 1 is 1.05 bits per heavy atom. The van der Waals surface area contributed by atoms with Crippen LogP contribution < -0.4 is 21.9 Å². The number of primary amides is 1. The number of carbonyl (C=O) groups is 5. The van der Waals surface area contributed by atoms with Crippen LogP contribution in [0.1, 0.15) is 22.3 Å². The second kappa shape index (κ2) is 8.23. The fourth-order valence-corrected chi connectivity index (χ4v) is 6.73. The lowest BCUT2D eigenvalue weighted by Gasteiger charge is -2.52. The highest BCUT2D eigenvalue weighted by Crippen LogP contribution is 2.51. The van der Waals surface area contributed by atoms with Gasteiger partial charge in [0.1, 0.15) is 5.75 Å². The van der Waals surface area contributed by atoms with E-state index in [1.54, 1.807) is 0 Å². The largest absolute Gasteiger partial charge is 0.507 e. The number of phenolic OH excluding ortho intramolecular Hbond substituents is 1. The molecule has 2 aromatic rings. The predicted molar refractivity (Wildman–Crippen MR) is 131 cm³/mol. The Balaban J connectivity index is 1.68. The number of rotatable bonds is 4. The number of Topliss-reactive ketones (excluding diaryl/α,β-unsaturated/α-hetero) is 4. The Morgan fingerprint density at radius 3 is 2.29 bits per heavy atom. The van der Waals surface area contributed by atoms with Crippen LogP contribution in [-0.2, 0) is 25.6 Å². The molecule has 0 saturated heterocycles. The molecular formula is C26H25N3O9. The van der Waals surface area contributed by atoms with E-state index in [-0.39, 0.29) is 40.8 Å². The maximum Gasteiger partial charge on any atom is 0.250 e. The van der Waals surface area contributed by atoms with Crippen LogP contribution in [0.25, 0.3) is 11.1 Å². The van der Waals surface area contributed by atoms with Gasteiger partial charge in [-0.05, 0) is 50.0 Å². The standard InChI is InChI=1S/C26H25N3O9/c1-28-17-15(21(33)22(17)34)9-4-5-12(30)14-10(9)6-8-7-11-18(29(2)3)20(32)16(25(27)37)24(36)26(11,38)23(35)13(8)19(14)31/h4-5,8,11,13,16,18,28,30,38H,6-7H2,1-3H3,(H2,27,37)/t8-,11-,13?,16?,18-,26-/m0/s1. The Hall–Kier alpha value is -4.03. The Labute approximate surface area is 215 Å². The molecule has 2 aromatic carbocycles. The van der Waals surface area contributed by atoms with Crippen molar-refractivity contribution >= 4 is 34.7 Å². The molecule has 5 N–H and O–H groups in total. The predicted octanol–water partition coefficient (Wildman–Crippen LogP) is -1.83. The summed E-state index contributed by atoms with van der Waals surface area (Å²) >= 11 is 0. The summed E-state index contributed by atoms with van der Waals surface area (Å²) in [5.74, 6) is -11.6. The zero-order chi connectivity index (χ0) is 28.0. The summed E-state index contributed by atoms with van der Waals surface area (Å²) in [5.41, 5.74) is 1.37. The summed E-state index contributed by atoms with van der Waals surface area (Å²) in [6.45, 7) is 0. The van der Waals surface area contributed by atoms with Gasteiger partial charge < -0.3 is 21.3 Å². The van der Waals surface area contributed by atoms with Gasteiger partial charge in [-0.1, -0.05) is 6.07 Å². The van der Waals surface area contributed by atoms with Gasteiger partial charge in [0.05, 0.1) is 28.8 Å². The fraction of sp³-hybridized carbons (Fsp3) is 0.423. The van der Waals surface area contributed by atoms with Gasteiger partial charge in [0.2, 0.25) is 16.8 Å². The van der Waals surface area contributed by atoms with Crippen LogP contribution in [0.2, 0.25) is 0 Å². The van der Waals surface area contributed by atoms with Crippen LogP contribution in [-0.4, -0.2) is 76.9 Å². The average molecular weight is 523 g/mol. The van der Waals surface area contributed by atoms with Gasteiger partial charge >= 0.3 is 0 Å². The number of likely N-dealkylation sites (N-methyl/N-ethyl adjacent to an activating group) is 1. The molecule has 0 spiro atoms. The quantitative estimate of drug-likeness (QED) is 0.259. The number of nitrogens with zero attached hydrogens (tertiary/aromatic N) is 1. The van der Waals surface area contributed by atoms with Crippen molar-refractivity contribution in [3.8, 4) is 16.9 Å². The minimum atomic E-state index is -2.82. The van der Waals surface area contributed by atoms with Crippen molar-refractivity contribution in [2.75, 3.05) is 26.5 Å². The second-order valence-electron chi connectivity index (χ2n) is 10.4. The average Bonchev–Trinajstić information content (AvgIpc) is 2.84. The highest BCUT2D eigenvalue weighted by molar-refractivity contribution is 6.32. The van der Waals surface area contributed by atoms with Gasteiger partial charge in [-0.3, -0.25) is 38.5 Å². The number of aromatic hydroxyl groups is 1. The Morgan fingerprint density at radius 2 is 1.71 bits per heavy atom. The van der Waals surface area contributed by atoms with Gasteiger partial charge in [-0.2, -0.15) is 0 Å². The van der Waals surface area contributed by atoms with E-state index < -0.39 is 81.0 Å². The molecule has 5 rings (SSSR count). The van der Waals surface area contributed by atoms with Crippen LogP contribution in [0.15, 0.2) is 21.7 Å². The SMILES string of the molecule is CNc1c(-c2ccc(O)c3c2C[C@H]2C[C@H]4[C@H](N(C)C)C(=O)C(C(N)=O)C(=O)[C@@]4(O)C(=O)C2C3=O)c(=O)c1=O. The smallest absolute Gasteiger partial charge is 0.250 e. The number of carbonyl (C=O) groups excluding carboxylic acids is 5. The maximum absolute atomic E-state index is 13.8. The zero-order valence-corrected chi connectivity index (χ0v) is 20.7. The van der Waals surface area contributed by atoms with E-state index in [2.05, 4.69) is 5.32 Å². The third-order valence-corrected chi connectivity index (χ3v) is 8.37. The van der Waals surface area contributed by atoms with Gasteiger partial charge in [0.15, 0.2) is 34.7 Å². The molecule has 2 fully saturated rings. The first-order valence-corrected chi connectivity index (χ1v) is 12.0. The third kappa shape index (κ3) is 3.01. The highest BCUT2D eigenvalue weighted by atomic mass is 16.3. The molecule has 198 valence electrons. The van der Waals surface area contributed by atoms with Crippen molar-refractivity contribution in [1.29, 1.82) is 0 Å². The number of aliphatic hydroxyl groups is 1. The molecule has 3 aliphatic rings. The van der Waals surface area contributed by atoms with E-state index in [0.717, 1.165) is 0 Å². The van der Waals surface area contributed by atoms with E-state index in [0.29, 0.717) is 0 Å². The lowest BCUT2D eigenvalue weighted by atomic mass is 9.52. The van der Waals surface area contributed by atoms with Crippen molar-refractivity contribution in [1.82, 2.24) is 4.90 Å². The minimum absolute atomic E-state index is 0.0163. The Bertz CT molecular complexity index is 1550. The van der Waals surface area contributed by atoms with Gasteiger partial charge in [-0.25, -0.2) is 0 Å². The number of amides is 1. The monoisotopic (exact) mass is 523 g/mol. The van der Waals surface area contributed by atoms with Crippen molar-refractivity contribution in [3.05, 3.63) is 43.7 Å². The zero-order valence-electron chi connectivity index (χ0n) is 20.7. The summed E-state index contributed by atoms with van der Waals surface area (Å²) in [4.78, 5) is 91.8. The summed E-state index contributed by atoms with van der Waals surface area (Å²) < 4.78 is 0. The summed E-state index contributed by atoms with van der Waals surface area (Å²) in [6, 6.07) is 1.36. The van der Waals surface area contributed by atoms with Crippen molar-refractivity contribution in [2.24, 2.45) is 29.4 Å². The van der Waals surface area contributed by atoms with E-state index >= 15 is 0 Å². The third-order valence-electron chi connectivity index (χ3n) is 8.37. The van der Waals surface area contributed by atoms with E-state index in [4.69, 9.17) is 5.73 Å². The number of hydrogen-bond acceptors (Lipinski definition) is 11. The number of anilines is 1. The van der Waals surface area contributed by atoms with E-state index in [1.807, 2.05) is 0 Å². The van der Waals surface area contributed by atoms with Crippen LogP contribution >= 0.6 is 0 Å². The van der Waals surface area contributed by atoms with Crippen LogP contribution in [0.5, 0.6) is 5.75 Å². The molecule has 12 heteroatoms. The number of ketones is 4. The molecule has 12 nitrogen and oxygen atoms in total. The number of benzene rings is 1. The first kappa shape index (κ1) is 25.6. The summed E-state index contributed by atoms with van der Waals surface area (Å²) in [6.07, 6.45) is -0.138. The van der Waals surface area contributed by atoms with Gasteiger partial charge in [-0.15, -0.1) is 0 Å². The summed E-state index contributed by atoms with van der Waals surface area (Å²) in [7, 11) is 4.46. The van der Waals surface area contributed by atoms with Crippen molar-refractivity contribution in [2.45, 2.75) is 24.5 Å². The first-order chi connectivity index (χ1) is 17.8. The molecule has 0 bridgehead atoms. The topological polar surface area (TPSA) is 201 Å². The van der Waals surface area contributed by atoms with Crippen LogP contribution in [0.4, 0.5) is 5.69 Å². The number of phenols is 1. The lowest BCUT2D eigenvalue weighted by molar-refractivity contribution is -0.181. The fourth-order valence-electron chi connectivity index (χ4n) is 6.73. The molecule has 1 amide bonds. The van der Waals surface area contributed by atoms with Crippen LogP contribution in [0, 0.1) is 23.7 Å². The normalized spacial score (nSPS) is 30.7. The molecule has 2 saturated carbocycles. The van der Waals surface area contributed by atoms with Crippen LogP contribution in [0.3, 0.4) is 0 Å². The molecule has 0 radical (unpaired) electrons. The maximum atomic E-state index is 13.8. The molecule has 2 unspecified atom stereocenters. The number of nitrogens with two attached hydrogens (primary N) is 1. The Kier molecular flexibility index (Phi) is 5.55. The lowest BCUT2D eigenvalue weighted by Crippen LogP contribution is -2.74.